The van der Waals surface area contributed by atoms with E-state index in [4.69, 9.17) is 4.98 Å². The van der Waals surface area contributed by atoms with E-state index in [0.29, 0.717) is 0 Å². The lowest BCUT2D eigenvalue weighted by atomic mass is 10.3. The van der Waals surface area contributed by atoms with Crippen molar-refractivity contribution in [1.82, 2.24) is 14.5 Å². The minimum Gasteiger partial charge on any atom is -0.323 e. The molecule has 0 saturated carbocycles. The first-order valence-corrected chi connectivity index (χ1v) is 7.77. The summed E-state index contributed by atoms with van der Waals surface area (Å²) in [6.07, 6.45) is 1.13. The Morgan fingerprint density at radius 3 is 2.75 bits per heavy atom. The minimum absolute atomic E-state index is 1.01. The number of hydrogen-bond donors (Lipinski definition) is 0. The number of benzene rings is 1. The van der Waals surface area contributed by atoms with Crippen LogP contribution in [0.4, 0.5) is 0 Å². The van der Waals surface area contributed by atoms with E-state index >= 15 is 0 Å². The Hall–Kier alpha value is -1.65. The topological polar surface area (TPSA) is 21.1 Å². The maximum atomic E-state index is 4.81. The third-order valence-corrected chi connectivity index (χ3v) is 4.25. The number of para-hydroxylation sites is 2. The highest BCUT2D eigenvalue weighted by molar-refractivity contribution is 7.13. The molecule has 20 heavy (non-hydrogen) atoms. The molecule has 0 saturated heterocycles. The first-order valence-electron chi connectivity index (χ1n) is 6.89. The number of imidazole rings is 1. The SMILES string of the molecule is CN(C)CCCn1c(-c2cccs2)nc2ccccc21. The Bertz CT molecular complexity index is 683. The van der Waals surface area contributed by atoms with Crippen LogP contribution in [0.25, 0.3) is 21.7 Å². The standard InChI is InChI=1S/C16H19N3S/c1-18(2)10-6-11-19-14-8-4-3-7-13(14)17-16(19)15-9-5-12-20-15/h3-5,7-9,12H,6,10-11H2,1-2H3. The van der Waals surface area contributed by atoms with Gasteiger partial charge in [-0.25, -0.2) is 4.98 Å². The van der Waals surface area contributed by atoms with Gasteiger partial charge in [-0.2, -0.15) is 0 Å². The summed E-state index contributed by atoms with van der Waals surface area (Å²) in [6, 6.07) is 12.6. The van der Waals surface area contributed by atoms with E-state index < -0.39 is 0 Å². The van der Waals surface area contributed by atoms with Gasteiger partial charge in [-0.05, 0) is 50.6 Å². The van der Waals surface area contributed by atoms with Crippen LogP contribution in [0.1, 0.15) is 6.42 Å². The van der Waals surface area contributed by atoms with Gasteiger partial charge in [-0.3, -0.25) is 0 Å². The quantitative estimate of drug-likeness (QED) is 0.712. The van der Waals surface area contributed by atoms with Crippen molar-refractivity contribution in [3.8, 4) is 10.7 Å². The van der Waals surface area contributed by atoms with Crippen molar-refractivity contribution in [2.45, 2.75) is 13.0 Å². The van der Waals surface area contributed by atoms with Crippen molar-refractivity contribution in [3.05, 3.63) is 41.8 Å². The molecule has 0 amide bonds. The Balaban J connectivity index is 2.00. The van der Waals surface area contributed by atoms with Gasteiger partial charge in [0.25, 0.3) is 0 Å². The number of fused-ring (bicyclic) bond motifs is 1. The summed E-state index contributed by atoms with van der Waals surface area (Å²) in [5.74, 6) is 1.10. The van der Waals surface area contributed by atoms with E-state index in [0.717, 1.165) is 30.9 Å². The Labute approximate surface area is 123 Å². The molecule has 3 nitrogen and oxygen atoms in total. The Morgan fingerprint density at radius 1 is 1.15 bits per heavy atom. The van der Waals surface area contributed by atoms with E-state index in [9.17, 15) is 0 Å². The molecular weight excluding hydrogens is 266 g/mol. The van der Waals surface area contributed by atoms with Crippen molar-refractivity contribution in [1.29, 1.82) is 0 Å². The predicted octanol–water partition coefficient (Wildman–Crippen LogP) is 3.72. The minimum atomic E-state index is 1.01. The second-order valence-electron chi connectivity index (χ2n) is 5.21. The van der Waals surface area contributed by atoms with Gasteiger partial charge >= 0.3 is 0 Å². The van der Waals surface area contributed by atoms with Crippen LogP contribution < -0.4 is 0 Å². The maximum absolute atomic E-state index is 4.81. The molecule has 104 valence electrons. The normalized spacial score (nSPS) is 11.6. The van der Waals surface area contributed by atoms with Crippen LogP contribution >= 0.6 is 11.3 Å². The van der Waals surface area contributed by atoms with Crippen LogP contribution in [0, 0.1) is 0 Å². The summed E-state index contributed by atoms with van der Waals surface area (Å²) >= 11 is 1.75. The fourth-order valence-corrected chi connectivity index (χ4v) is 3.16. The summed E-state index contributed by atoms with van der Waals surface area (Å²) in [5.41, 5.74) is 2.32. The van der Waals surface area contributed by atoms with Crippen LogP contribution in [-0.4, -0.2) is 35.1 Å². The van der Waals surface area contributed by atoms with Gasteiger partial charge in [0.15, 0.2) is 5.82 Å². The summed E-state index contributed by atoms with van der Waals surface area (Å²) in [5, 5.41) is 2.11. The van der Waals surface area contributed by atoms with E-state index in [-0.39, 0.29) is 0 Å². The first kappa shape index (κ1) is 13.3. The monoisotopic (exact) mass is 285 g/mol. The fraction of sp³-hybridized carbons (Fsp3) is 0.312. The lowest BCUT2D eigenvalue weighted by Gasteiger charge is -2.11. The molecule has 0 aliphatic carbocycles. The molecule has 4 heteroatoms. The second kappa shape index (κ2) is 5.77. The van der Waals surface area contributed by atoms with Crippen LogP contribution in [0.2, 0.25) is 0 Å². The Morgan fingerprint density at radius 2 is 2.00 bits per heavy atom. The molecule has 0 radical (unpaired) electrons. The van der Waals surface area contributed by atoms with Gasteiger partial charge in [0.2, 0.25) is 0 Å². The van der Waals surface area contributed by atoms with Gasteiger partial charge < -0.3 is 9.47 Å². The molecule has 2 heterocycles. The molecule has 0 fully saturated rings. The van der Waals surface area contributed by atoms with Crippen molar-refractivity contribution in [2.24, 2.45) is 0 Å². The number of aryl methyl sites for hydroxylation is 1. The number of hydrogen-bond acceptors (Lipinski definition) is 3. The molecule has 2 aromatic heterocycles. The van der Waals surface area contributed by atoms with E-state index in [1.165, 1.54) is 10.4 Å². The molecule has 0 spiro atoms. The lowest BCUT2D eigenvalue weighted by Crippen LogP contribution is -2.15. The lowest BCUT2D eigenvalue weighted by molar-refractivity contribution is 0.388. The molecule has 0 aliphatic heterocycles. The highest BCUT2D eigenvalue weighted by Crippen LogP contribution is 2.28. The summed E-state index contributed by atoms with van der Waals surface area (Å²) in [6.45, 7) is 2.10. The van der Waals surface area contributed by atoms with Crippen molar-refractivity contribution in [2.75, 3.05) is 20.6 Å². The summed E-state index contributed by atoms with van der Waals surface area (Å²) < 4.78 is 2.35. The van der Waals surface area contributed by atoms with Gasteiger partial charge in [0.05, 0.1) is 15.9 Å². The molecule has 0 atom stereocenters. The van der Waals surface area contributed by atoms with Crippen molar-refractivity contribution < 1.29 is 0 Å². The third-order valence-electron chi connectivity index (χ3n) is 3.38. The van der Waals surface area contributed by atoms with Crippen molar-refractivity contribution in [3.63, 3.8) is 0 Å². The third kappa shape index (κ3) is 2.62. The molecule has 0 unspecified atom stereocenters. The van der Waals surface area contributed by atoms with Crippen LogP contribution in [0.5, 0.6) is 0 Å². The molecule has 3 aromatic rings. The molecular formula is C16H19N3S. The summed E-state index contributed by atoms with van der Waals surface area (Å²) in [4.78, 5) is 8.28. The number of nitrogens with zero attached hydrogens (tertiary/aromatic N) is 3. The Kier molecular flexibility index (Phi) is 3.85. The van der Waals surface area contributed by atoms with E-state index in [2.05, 4.69) is 65.3 Å². The maximum Gasteiger partial charge on any atom is 0.151 e. The van der Waals surface area contributed by atoms with Gasteiger partial charge in [0.1, 0.15) is 0 Å². The number of rotatable bonds is 5. The first-order chi connectivity index (χ1) is 9.75. The largest absolute Gasteiger partial charge is 0.323 e. The molecule has 0 aliphatic rings. The smallest absolute Gasteiger partial charge is 0.151 e. The van der Waals surface area contributed by atoms with Crippen LogP contribution in [-0.2, 0) is 6.54 Å². The van der Waals surface area contributed by atoms with Crippen LogP contribution in [0.3, 0.4) is 0 Å². The number of thiophene rings is 1. The van der Waals surface area contributed by atoms with Gasteiger partial charge in [-0.15, -0.1) is 11.3 Å². The molecule has 3 rings (SSSR count). The zero-order valence-corrected chi connectivity index (χ0v) is 12.7. The van der Waals surface area contributed by atoms with Gasteiger partial charge in [0, 0.05) is 6.54 Å². The average Bonchev–Trinajstić information content (AvgIpc) is 3.05. The molecule has 0 bridgehead atoms. The zero-order chi connectivity index (χ0) is 13.9. The van der Waals surface area contributed by atoms with E-state index in [1.54, 1.807) is 11.3 Å². The molecule has 1 aromatic carbocycles. The zero-order valence-electron chi connectivity index (χ0n) is 11.9. The summed E-state index contributed by atoms with van der Waals surface area (Å²) in [7, 11) is 4.23. The van der Waals surface area contributed by atoms with Gasteiger partial charge in [-0.1, -0.05) is 18.2 Å². The highest BCUT2D eigenvalue weighted by Gasteiger charge is 2.12. The molecule has 0 N–H and O–H groups in total. The second-order valence-corrected chi connectivity index (χ2v) is 6.16. The number of aromatic nitrogens is 2. The highest BCUT2D eigenvalue weighted by atomic mass is 32.1. The predicted molar refractivity (Wildman–Crippen MR) is 86.2 cm³/mol. The van der Waals surface area contributed by atoms with Crippen molar-refractivity contribution >= 4 is 22.4 Å². The fourth-order valence-electron chi connectivity index (χ4n) is 2.44. The van der Waals surface area contributed by atoms with Crippen LogP contribution in [0.15, 0.2) is 41.8 Å². The average molecular weight is 285 g/mol. The van der Waals surface area contributed by atoms with E-state index in [1.807, 2.05) is 0 Å².